The van der Waals surface area contributed by atoms with Crippen LogP contribution in [0.5, 0.6) is 0 Å². The smallest absolute Gasteiger partial charge is 0.309 e. The lowest BCUT2D eigenvalue weighted by molar-refractivity contribution is -0.157. The molecule has 1 saturated carbocycles. The molecular formula is C15H25BrO4. The van der Waals surface area contributed by atoms with Gasteiger partial charge in [0.05, 0.1) is 6.42 Å². The number of unbranched alkanes of at least 4 members (excludes halogenated alkanes) is 1. The first-order chi connectivity index (χ1) is 9.65. The number of hydrogen-bond donors (Lipinski definition) is 0. The van der Waals surface area contributed by atoms with E-state index in [1.807, 2.05) is 6.92 Å². The topological polar surface area (TPSA) is 52.6 Å². The van der Waals surface area contributed by atoms with Gasteiger partial charge in [-0.25, -0.2) is 0 Å². The highest BCUT2D eigenvalue weighted by Crippen LogP contribution is 2.21. The monoisotopic (exact) mass is 348 g/mol. The molecule has 1 rings (SSSR count). The number of ether oxygens (including phenoxy) is 2. The summed E-state index contributed by atoms with van der Waals surface area (Å²) in [6.07, 6.45) is 7.38. The van der Waals surface area contributed by atoms with Crippen LogP contribution in [0.4, 0.5) is 0 Å². The van der Waals surface area contributed by atoms with Gasteiger partial charge in [-0.2, -0.15) is 0 Å². The number of rotatable bonds is 8. The van der Waals surface area contributed by atoms with E-state index < -0.39 is 6.10 Å². The van der Waals surface area contributed by atoms with Crippen LogP contribution in [0.2, 0.25) is 0 Å². The summed E-state index contributed by atoms with van der Waals surface area (Å²) in [4.78, 5) is 23.4. The van der Waals surface area contributed by atoms with Gasteiger partial charge in [0.25, 0.3) is 0 Å². The first-order valence-electron chi connectivity index (χ1n) is 7.60. The summed E-state index contributed by atoms with van der Waals surface area (Å²) in [5.41, 5.74) is 0. The van der Waals surface area contributed by atoms with Crippen molar-refractivity contribution in [2.24, 2.45) is 0 Å². The van der Waals surface area contributed by atoms with Gasteiger partial charge in [0.2, 0.25) is 0 Å². The Labute approximate surface area is 129 Å². The third kappa shape index (κ3) is 7.27. The van der Waals surface area contributed by atoms with E-state index in [9.17, 15) is 9.59 Å². The SMILES string of the molecule is CCCCC(=O)OC(CBr)CC(=O)OC1CCCCC1. The average Bonchev–Trinajstić information content (AvgIpc) is 2.45. The van der Waals surface area contributed by atoms with Gasteiger partial charge in [0.15, 0.2) is 0 Å². The minimum absolute atomic E-state index is 0.0584. The van der Waals surface area contributed by atoms with Gasteiger partial charge in [-0.3, -0.25) is 9.59 Å². The largest absolute Gasteiger partial charge is 0.462 e. The molecular weight excluding hydrogens is 324 g/mol. The summed E-state index contributed by atoms with van der Waals surface area (Å²) in [6, 6.07) is 0. The minimum atomic E-state index is -0.421. The summed E-state index contributed by atoms with van der Waals surface area (Å²) in [5.74, 6) is -0.494. The Bertz CT molecular complexity index is 300. The van der Waals surface area contributed by atoms with Crippen LogP contribution in [-0.2, 0) is 19.1 Å². The Kier molecular flexibility index (Phi) is 8.90. The number of esters is 2. The Hall–Kier alpha value is -0.580. The zero-order chi connectivity index (χ0) is 14.8. The molecule has 0 amide bonds. The van der Waals surface area contributed by atoms with Crippen molar-refractivity contribution in [1.82, 2.24) is 0 Å². The quantitative estimate of drug-likeness (QED) is 0.495. The third-order valence-corrected chi connectivity index (χ3v) is 4.17. The summed E-state index contributed by atoms with van der Waals surface area (Å²) >= 11 is 3.28. The zero-order valence-electron chi connectivity index (χ0n) is 12.2. The van der Waals surface area contributed by atoms with Crippen molar-refractivity contribution in [3.63, 3.8) is 0 Å². The Morgan fingerprint density at radius 2 is 1.90 bits per heavy atom. The molecule has 5 heteroatoms. The number of halogens is 1. The summed E-state index contributed by atoms with van der Waals surface area (Å²) in [5, 5.41) is 0.463. The van der Waals surface area contributed by atoms with Gasteiger partial charge in [0.1, 0.15) is 12.2 Å². The van der Waals surface area contributed by atoms with E-state index in [4.69, 9.17) is 9.47 Å². The average molecular weight is 349 g/mol. The van der Waals surface area contributed by atoms with Crippen molar-refractivity contribution in [1.29, 1.82) is 0 Å². The predicted octanol–water partition coefficient (Wildman–Crippen LogP) is 3.75. The summed E-state index contributed by atoms with van der Waals surface area (Å²) in [6.45, 7) is 2.02. The first-order valence-corrected chi connectivity index (χ1v) is 8.72. The van der Waals surface area contributed by atoms with Crippen molar-refractivity contribution in [3.8, 4) is 0 Å². The number of carbonyl (C=O) groups excluding carboxylic acids is 2. The molecule has 0 heterocycles. The Balaban J connectivity index is 2.27. The molecule has 0 spiro atoms. The molecule has 1 atom stereocenters. The van der Waals surface area contributed by atoms with Crippen LogP contribution < -0.4 is 0 Å². The zero-order valence-corrected chi connectivity index (χ0v) is 13.8. The van der Waals surface area contributed by atoms with E-state index in [0.29, 0.717) is 11.8 Å². The van der Waals surface area contributed by atoms with Crippen molar-refractivity contribution < 1.29 is 19.1 Å². The fourth-order valence-corrected chi connectivity index (χ4v) is 2.66. The van der Waals surface area contributed by atoms with E-state index >= 15 is 0 Å². The first kappa shape index (κ1) is 17.5. The molecule has 20 heavy (non-hydrogen) atoms. The molecule has 0 aromatic heterocycles. The highest BCUT2D eigenvalue weighted by atomic mass is 79.9. The van der Waals surface area contributed by atoms with Crippen LogP contribution in [-0.4, -0.2) is 29.5 Å². The van der Waals surface area contributed by atoms with Gasteiger partial charge in [-0.1, -0.05) is 35.7 Å². The van der Waals surface area contributed by atoms with Gasteiger partial charge in [-0.05, 0) is 32.1 Å². The maximum atomic E-state index is 11.8. The molecule has 0 aromatic rings. The molecule has 0 radical (unpaired) electrons. The molecule has 1 aliphatic rings. The normalized spacial score (nSPS) is 17.5. The van der Waals surface area contributed by atoms with Crippen LogP contribution in [0.3, 0.4) is 0 Å². The van der Waals surface area contributed by atoms with Gasteiger partial charge < -0.3 is 9.47 Å². The van der Waals surface area contributed by atoms with Crippen LogP contribution in [0.15, 0.2) is 0 Å². The second kappa shape index (κ2) is 10.2. The van der Waals surface area contributed by atoms with Crippen LogP contribution in [0.1, 0.15) is 64.7 Å². The lowest BCUT2D eigenvalue weighted by Crippen LogP contribution is -2.27. The molecule has 4 nitrogen and oxygen atoms in total. The van der Waals surface area contributed by atoms with Crippen molar-refractivity contribution in [3.05, 3.63) is 0 Å². The number of carbonyl (C=O) groups is 2. The summed E-state index contributed by atoms with van der Waals surface area (Å²) < 4.78 is 10.7. The van der Waals surface area contributed by atoms with Crippen molar-refractivity contribution in [2.75, 3.05) is 5.33 Å². The van der Waals surface area contributed by atoms with E-state index in [2.05, 4.69) is 15.9 Å². The van der Waals surface area contributed by atoms with Crippen LogP contribution >= 0.6 is 15.9 Å². The molecule has 0 bridgehead atoms. The van der Waals surface area contributed by atoms with E-state index in [0.717, 1.165) is 38.5 Å². The van der Waals surface area contributed by atoms with E-state index in [1.165, 1.54) is 6.42 Å². The standard InChI is InChI=1S/C15H25BrO4/c1-2-3-9-14(17)20-13(11-16)10-15(18)19-12-7-5-4-6-8-12/h12-13H,2-11H2,1H3. The lowest BCUT2D eigenvalue weighted by atomic mass is 9.98. The molecule has 116 valence electrons. The third-order valence-electron chi connectivity index (χ3n) is 3.45. The van der Waals surface area contributed by atoms with Crippen LogP contribution in [0.25, 0.3) is 0 Å². The van der Waals surface area contributed by atoms with Gasteiger partial charge >= 0.3 is 11.9 Å². The highest BCUT2D eigenvalue weighted by molar-refractivity contribution is 9.09. The maximum Gasteiger partial charge on any atom is 0.309 e. The Morgan fingerprint density at radius 3 is 2.50 bits per heavy atom. The fraction of sp³-hybridized carbons (Fsp3) is 0.867. The van der Waals surface area contributed by atoms with Crippen molar-refractivity contribution in [2.45, 2.75) is 76.9 Å². The number of hydrogen-bond acceptors (Lipinski definition) is 4. The van der Waals surface area contributed by atoms with E-state index in [-0.39, 0.29) is 24.5 Å². The Morgan fingerprint density at radius 1 is 1.20 bits per heavy atom. The fourth-order valence-electron chi connectivity index (χ4n) is 2.30. The molecule has 0 aromatic carbocycles. The minimum Gasteiger partial charge on any atom is -0.462 e. The molecule has 1 fully saturated rings. The lowest BCUT2D eigenvalue weighted by Gasteiger charge is -2.23. The van der Waals surface area contributed by atoms with Crippen molar-refractivity contribution >= 4 is 27.9 Å². The second-order valence-corrected chi connectivity index (χ2v) is 5.97. The molecule has 0 N–H and O–H groups in total. The molecule has 1 unspecified atom stereocenters. The highest BCUT2D eigenvalue weighted by Gasteiger charge is 2.22. The summed E-state index contributed by atoms with van der Waals surface area (Å²) in [7, 11) is 0. The van der Waals surface area contributed by atoms with Gasteiger partial charge in [-0.15, -0.1) is 0 Å². The number of alkyl halides is 1. The predicted molar refractivity (Wildman–Crippen MR) is 80.8 cm³/mol. The maximum absolute atomic E-state index is 11.8. The molecule has 0 saturated heterocycles. The second-order valence-electron chi connectivity index (χ2n) is 5.32. The van der Waals surface area contributed by atoms with Gasteiger partial charge in [0, 0.05) is 11.8 Å². The van der Waals surface area contributed by atoms with Crippen LogP contribution in [0, 0.1) is 0 Å². The van der Waals surface area contributed by atoms with E-state index in [1.54, 1.807) is 0 Å². The molecule has 1 aliphatic carbocycles. The molecule has 0 aliphatic heterocycles.